The Bertz CT molecular complexity index is 867. The van der Waals surface area contributed by atoms with Crippen LogP contribution in [0.3, 0.4) is 0 Å². The predicted octanol–water partition coefficient (Wildman–Crippen LogP) is 4.20. The van der Waals surface area contributed by atoms with Gasteiger partial charge in [-0.2, -0.15) is 0 Å². The Labute approximate surface area is 211 Å². The maximum atomic E-state index is 13.8. The van der Waals surface area contributed by atoms with Crippen molar-refractivity contribution in [2.24, 2.45) is 5.92 Å². The summed E-state index contributed by atoms with van der Waals surface area (Å²) in [5, 5.41) is 21.3. The Balaban J connectivity index is 1.46. The van der Waals surface area contributed by atoms with Gasteiger partial charge in [-0.15, -0.1) is 0 Å². The molecule has 1 aromatic rings. The van der Waals surface area contributed by atoms with Crippen LogP contribution in [0.25, 0.3) is 0 Å². The lowest BCUT2D eigenvalue weighted by Gasteiger charge is -2.34. The van der Waals surface area contributed by atoms with E-state index in [-0.39, 0.29) is 25.2 Å². The predicted molar refractivity (Wildman–Crippen MR) is 128 cm³/mol. The molecule has 0 spiro atoms. The van der Waals surface area contributed by atoms with Crippen molar-refractivity contribution in [3.05, 3.63) is 42.2 Å². The highest BCUT2D eigenvalue weighted by atomic mass is 19.1. The van der Waals surface area contributed by atoms with E-state index in [0.717, 1.165) is 32.1 Å². The van der Waals surface area contributed by atoms with Crippen LogP contribution in [-0.4, -0.2) is 66.4 Å². The van der Waals surface area contributed by atoms with Gasteiger partial charge in [0.1, 0.15) is 0 Å². The summed E-state index contributed by atoms with van der Waals surface area (Å²) in [6.07, 6.45) is 6.91. The van der Waals surface area contributed by atoms with Crippen LogP contribution in [0.2, 0.25) is 0 Å². The van der Waals surface area contributed by atoms with Crippen molar-refractivity contribution < 1.29 is 43.1 Å². The van der Waals surface area contributed by atoms with Crippen LogP contribution < -0.4 is 4.74 Å². The molecule has 3 aliphatic rings. The highest BCUT2D eigenvalue weighted by Gasteiger charge is 2.55. The third-order valence-electron chi connectivity index (χ3n) is 7.02. The highest BCUT2D eigenvalue weighted by molar-refractivity contribution is 5.67. The largest absolute Gasteiger partial charge is 0.490 e. The average molecular weight is 509 g/mol. The molecule has 2 heterocycles. The summed E-state index contributed by atoms with van der Waals surface area (Å²) < 4.78 is 43.3. The van der Waals surface area contributed by atoms with Crippen LogP contribution in [0, 0.1) is 11.7 Å². The standard InChI is InChI=1S/C27H37FO8/c28-20-9-1-2-10-21(20)32-14-8-5-13-27(31)18-22(35-24-11-3-6-15-33-24)26(19(27)17-23(29)30)36-25-12-4-7-16-34-25/h1-2,5,9-10,13,19,22,24-26,31H,3-4,6-8,11-12,14-18H2,(H,29,30)/t19-,22-,24?,25?,26+,27+/m0/s1. The van der Waals surface area contributed by atoms with E-state index in [1.165, 1.54) is 6.07 Å². The molecule has 0 amide bonds. The minimum absolute atomic E-state index is 0.163. The number of carboxylic acids is 1. The summed E-state index contributed by atoms with van der Waals surface area (Å²) in [6.45, 7) is 1.41. The van der Waals surface area contributed by atoms with Crippen LogP contribution in [0.5, 0.6) is 5.75 Å². The molecule has 36 heavy (non-hydrogen) atoms. The summed E-state index contributed by atoms with van der Waals surface area (Å²) in [7, 11) is 0. The molecule has 2 aliphatic heterocycles. The maximum Gasteiger partial charge on any atom is 0.303 e. The molecular weight excluding hydrogens is 471 g/mol. The Hall–Kier alpha value is -2.04. The third-order valence-corrected chi connectivity index (χ3v) is 7.02. The number of ether oxygens (including phenoxy) is 5. The van der Waals surface area contributed by atoms with Crippen LogP contribution >= 0.6 is 0 Å². The molecule has 2 N–H and O–H groups in total. The average Bonchev–Trinajstić information content (AvgIpc) is 3.11. The Morgan fingerprint density at radius 3 is 2.42 bits per heavy atom. The first-order chi connectivity index (χ1) is 17.4. The second kappa shape index (κ2) is 13.0. The Morgan fingerprint density at radius 2 is 1.78 bits per heavy atom. The highest BCUT2D eigenvalue weighted by Crippen LogP contribution is 2.44. The number of carbonyl (C=O) groups is 1. The fourth-order valence-corrected chi connectivity index (χ4v) is 5.21. The van der Waals surface area contributed by atoms with Gasteiger partial charge in [-0.3, -0.25) is 4.79 Å². The van der Waals surface area contributed by atoms with Gasteiger partial charge in [0.05, 0.1) is 30.8 Å². The molecule has 1 aromatic carbocycles. The van der Waals surface area contributed by atoms with Crippen LogP contribution in [0.4, 0.5) is 4.39 Å². The fourth-order valence-electron chi connectivity index (χ4n) is 5.21. The minimum Gasteiger partial charge on any atom is -0.490 e. The minimum atomic E-state index is -1.46. The molecule has 8 nitrogen and oxygen atoms in total. The van der Waals surface area contributed by atoms with E-state index in [0.29, 0.717) is 26.1 Å². The molecule has 3 fully saturated rings. The molecule has 2 saturated heterocycles. The molecule has 200 valence electrons. The molecule has 4 rings (SSSR count). The number of aliphatic carboxylic acids is 1. The number of benzene rings is 1. The first kappa shape index (κ1) is 27.0. The monoisotopic (exact) mass is 508 g/mol. The number of carboxylic acid groups (broad SMARTS) is 1. The van der Waals surface area contributed by atoms with Crippen LogP contribution in [0.15, 0.2) is 36.4 Å². The van der Waals surface area contributed by atoms with Gasteiger partial charge in [-0.05, 0) is 57.1 Å². The van der Waals surface area contributed by atoms with E-state index in [9.17, 15) is 19.4 Å². The molecule has 0 bridgehead atoms. The van der Waals surface area contributed by atoms with E-state index in [1.807, 2.05) is 0 Å². The summed E-state index contributed by atoms with van der Waals surface area (Å²) in [5.74, 6) is -2.04. The number of halogens is 1. The molecule has 2 unspecified atom stereocenters. The molecule has 6 atom stereocenters. The first-order valence-corrected chi connectivity index (χ1v) is 13.0. The molecular formula is C27H37FO8. The van der Waals surface area contributed by atoms with Gasteiger partial charge in [-0.25, -0.2) is 4.39 Å². The Kier molecular flexibility index (Phi) is 9.73. The third kappa shape index (κ3) is 7.26. The molecule has 1 saturated carbocycles. The smallest absolute Gasteiger partial charge is 0.303 e. The van der Waals surface area contributed by atoms with Crippen molar-refractivity contribution in [1.82, 2.24) is 0 Å². The van der Waals surface area contributed by atoms with Crippen molar-refractivity contribution >= 4 is 5.97 Å². The van der Waals surface area contributed by atoms with Gasteiger partial charge >= 0.3 is 5.97 Å². The summed E-state index contributed by atoms with van der Waals surface area (Å²) in [5.41, 5.74) is -1.46. The maximum absolute atomic E-state index is 13.8. The van der Waals surface area contributed by atoms with Gasteiger partial charge < -0.3 is 33.9 Å². The normalized spacial score (nSPS) is 33.1. The SMILES string of the molecule is O=C(O)C[C@H]1[C@@H](OC2CCCCO2)[C@@H](OC2CCCCO2)C[C@]1(O)C=CCCOc1ccccc1F. The van der Waals surface area contributed by atoms with Gasteiger partial charge in [-0.1, -0.05) is 24.3 Å². The molecule has 0 radical (unpaired) electrons. The zero-order valence-corrected chi connectivity index (χ0v) is 20.6. The van der Waals surface area contributed by atoms with E-state index in [4.69, 9.17) is 23.7 Å². The van der Waals surface area contributed by atoms with E-state index < -0.39 is 48.1 Å². The van der Waals surface area contributed by atoms with Crippen molar-refractivity contribution in [2.75, 3.05) is 19.8 Å². The lowest BCUT2D eigenvalue weighted by atomic mass is 9.86. The number of aliphatic hydroxyl groups is 1. The summed E-state index contributed by atoms with van der Waals surface area (Å²) in [6, 6.07) is 6.17. The topological polar surface area (TPSA) is 104 Å². The van der Waals surface area contributed by atoms with E-state index in [1.54, 1.807) is 30.4 Å². The summed E-state index contributed by atoms with van der Waals surface area (Å²) >= 11 is 0. The lowest BCUT2D eigenvalue weighted by Crippen LogP contribution is -2.42. The molecule has 9 heteroatoms. The fraction of sp³-hybridized carbons (Fsp3) is 0.667. The van der Waals surface area contributed by atoms with Crippen LogP contribution in [-0.2, 0) is 23.7 Å². The van der Waals surface area contributed by atoms with Crippen molar-refractivity contribution in [2.45, 2.75) is 88.2 Å². The first-order valence-electron chi connectivity index (χ1n) is 13.0. The lowest BCUT2D eigenvalue weighted by molar-refractivity contribution is -0.247. The molecule has 0 aromatic heterocycles. The summed E-state index contributed by atoms with van der Waals surface area (Å²) in [4.78, 5) is 11.8. The second-order valence-electron chi connectivity index (χ2n) is 9.74. The number of para-hydroxylation sites is 1. The van der Waals surface area contributed by atoms with E-state index in [2.05, 4.69) is 0 Å². The number of hydrogen-bond acceptors (Lipinski definition) is 7. The number of rotatable bonds is 11. The van der Waals surface area contributed by atoms with Crippen molar-refractivity contribution in [3.8, 4) is 5.75 Å². The van der Waals surface area contributed by atoms with Gasteiger partial charge in [0, 0.05) is 25.6 Å². The van der Waals surface area contributed by atoms with Crippen LogP contribution in [0.1, 0.15) is 57.8 Å². The van der Waals surface area contributed by atoms with E-state index >= 15 is 0 Å². The zero-order valence-electron chi connectivity index (χ0n) is 20.6. The zero-order chi connectivity index (χ0) is 25.4. The Morgan fingerprint density at radius 1 is 1.08 bits per heavy atom. The van der Waals surface area contributed by atoms with Crippen molar-refractivity contribution in [1.29, 1.82) is 0 Å². The number of hydrogen-bond donors (Lipinski definition) is 2. The molecule has 1 aliphatic carbocycles. The van der Waals surface area contributed by atoms with Gasteiger partial charge in [0.25, 0.3) is 0 Å². The van der Waals surface area contributed by atoms with Gasteiger partial charge in [0.2, 0.25) is 0 Å². The second-order valence-corrected chi connectivity index (χ2v) is 9.74. The van der Waals surface area contributed by atoms with Crippen molar-refractivity contribution in [3.63, 3.8) is 0 Å². The van der Waals surface area contributed by atoms with Gasteiger partial charge in [0.15, 0.2) is 24.1 Å². The quantitative estimate of drug-likeness (QED) is 0.339.